The third kappa shape index (κ3) is 3.58. The van der Waals surface area contributed by atoms with E-state index < -0.39 is 5.82 Å². The van der Waals surface area contributed by atoms with E-state index in [1.54, 1.807) is 18.2 Å². The molecule has 112 valence electrons. The number of nitrogens with zero attached hydrogens (tertiary/aromatic N) is 2. The Kier molecular flexibility index (Phi) is 4.45. The first kappa shape index (κ1) is 14.0. The van der Waals surface area contributed by atoms with E-state index in [4.69, 9.17) is 9.26 Å². The van der Waals surface area contributed by atoms with E-state index in [-0.39, 0.29) is 18.4 Å². The van der Waals surface area contributed by atoms with Crippen LogP contribution in [0.5, 0.6) is 5.75 Å². The Labute approximate surface area is 122 Å². The van der Waals surface area contributed by atoms with Gasteiger partial charge in [0, 0.05) is 0 Å². The first-order chi connectivity index (χ1) is 10.3. The summed E-state index contributed by atoms with van der Waals surface area (Å²) in [5.41, 5.74) is 0. The standard InChI is InChI=1S/C15H18FN3O2/c16-11-6-3-4-8-13(11)20-10-14-18-15(19-21-14)12-7-2-1-5-9-17-12/h3-4,6,8,12,17H,1-2,5,7,9-10H2. The van der Waals surface area contributed by atoms with Crippen LogP contribution in [0.25, 0.3) is 0 Å². The van der Waals surface area contributed by atoms with Gasteiger partial charge in [-0.05, 0) is 31.5 Å². The molecular formula is C15H18FN3O2. The van der Waals surface area contributed by atoms with Gasteiger partial charge in [0.1, 0.15) is 0 Å². The summed E-state index contributed by atoms with van der Waals surface area (Å²) in [5.74, 6) is 0.802. The molecule has 21 heavy (non-hydrogen) atoms. The molecule has 0 bridgehead atoms. The number of benzene rings is 1. The van der Waals surface area contributed by atoms with Crippen molar-refractivity contribution in [1.29, 1.82) is 0 Å². The topological polar surface area (TPSA) is 60.2 Å². The molecule has 0 radical (unpaired) electrons. The lowest BCUT2D eigenvalue weighted by Crippen LogP contribution is -2.21. The molecule has 6 heteroatoms. The number of aromatic nitrogens is 2. The second-order valence-corrected chi connectivity index (χ2v) is 5.12. The van der Waals surface area contributed by atoms with Crippen LogP contribution in [-0.4, -0.2) is 16.7 Å². The first-order valence-electron chi connectivity index (χ1n) is 7.26. The molecule has 1 aromatic heterocycles. The van der Waals surface area contributed by atoms with Gasteiger partial charge in [0.05, 0.1) is 6.04 Å². The molecule has 0 spiro atoms. The Hall–Kier alpha value is -1.95. The zero-order valence-corrected chi connectivity index (χ0v) is 11.7. The van der Waals surface area contributed by atoms with E-state index in [1.807, 2.05) is 0 Å². The summed E-state index contributed by atoms with van der Waals surface area (Å²) in [4.78, 5) is 4.33. The molecule has 1 N–H and O–H groups in total. The number of nitrogens with one attached hydrogen (secondary N) is 1. The van der Waals surface area contributed by atoms with E-state index in [0.29, 0.717) is 11.7 Å². The predicted molar refractivity (Wildman–Crippen MR) is 74.2 cm³/mol. The number of rotatable bonds is 4. The van der Waals surface area contributed by atoms with Gasteiger partial charge in [0.25, 0.3) is 5.89 Å². The Bertz CT molecular complexity index is 580. The van der Waals surface area contributed by atoms with Crippen LogP contribution in [0.15, 0.2) is 28.8 Å². The van der Waals surface area contributed by atoms with Crippen molar-refractivity contribution in [3.8, 4) is 5.75 Å². The molecule has 1 atom stereocenters. The van der Waals surface area contributed by atoms with Crippen LogP contribution in [0.3, 0.4) is 0 Å². The lowest BCUT2D eigenvalue weighted by molar-refractivity contribution is 0.233. The van der Waals surface area contributed by atoms with Gasteiger partial charge >= 0.3 is 0 Å². The van der Waals surface area contributed by atoms with Crippen LogP contribution in [-0.2, 0) is 6.61 Å². The number of ether oxygens (including phenoxy) is 1. The highest BCUT2D eigenvalue weighted by molar-refractivity contribution is 5.23. The van der Waals surface area contributed by atoms with Crippen molar-refractivity contribution in [3.63, 3.8) is 0 Å². The van der Waals surface area contributed by atoms with Gasteiger partial charge in [-0.2, -0.15) is 4.98 Å². The first-order valence-corrected chi connectivity index (χ1v) is 7.26. The lowest BCUT2D eigenvalue weighted by atomic mass is 10.1. The van der Waals surface area contributed by atoms with Crippen molar-refractivity contribution in [1.82, 2.24) is 15.5 Å². The number of para-hydroxylation sites is 1. The molecule has 1 aliphatic heterocycles. The van der Waals surface area contributed by atoms with Crippen molar-refractivity contribution in [2.24, 2.45) is 0 Å². The van der Waals surface area contributed by atoms with Gasteiger partial charge in [-0.3, -0.25) is 0 Å². The van der Waals surface area contributed by atoms with Crippen LogP contribution in [0, 0.1) is 5.82 Å². The number of hydrogen-bond acceptors (Lipinski definition) is 5. The Balaban J connectivity index is 1.61. The van der Waals surface area contributed by atoms with E-state index in [2.05, 4.69) is 15.5 Å². The van der Waals surface area contributed by atoms with Gasteiger partial charge in [-0.1, -0.05) is 30.1 Å². The third-order valence-corrected chi connectivity index (χ3v) is 3.54. The minimum absolute atomic E-state index is 0.0701. The maximum absolute atomic E-state index is 13.4. The number of halogens is 1. The average Bonchev–Trinajstić information content (AvgIpc) is 2.80. The summed E-state index contributed by atoms with van der Waals surface area (Å²) >= 11 is 0. The summed E-state index contributed by atoms with van der Waals surface area (Å²) in [6.07, 6.45) is 4.57. The number of hydrogen-bond donors (Lipinski definition) is 1. The highest BCUT2D eigenvalue weighted by Crippen LogP contribution is 2.21. The maximum Gasteiger partial charge on any atom is 0.264 e. The molecule has 2 heterocycles. The zero-order valence-electron chi connectivity index (χ0n) is 11.7. The van der Waals surface area contributed by atoms with Crippen molar-refractivity contribution >= 4 is 0 Å². The van der Waals surface area contributed by atoms with Crippen molar-refractivity contribution < 1.29 is 13.7 Å². The molecule has 0 amide bonds. The van der Waals surface area contributed by atoms with Crippen LogP contribution < -0.4 is 10.1 Å². The quantitative estimate of drug-likeness (QED) is 0.938. The van der Waals surface area contributed by atoms with E-state index in [9.17, 15) is 4.39 Å². The SMILES string of the molecule is Fc1ccccc1OCc1nc(C2CCCCCN2)no1. The van der Waals surface area contributed by atoms with Crippen LogP contribution in [0.4, 0.5) is 4.39 Å². The lowest BCUT2D eigenvalue weighted by Gasteiger charge is -2.09. The van der Waals surface area contributed by atoms with Crippen molar-refractivity contribution in [2.45, 2.75) is 38.3 Å². The van der Waals surface area contributed by atoms with Crippen molar-refractivity contribution in [2.75, 3.05) is 6.54 Å². The molecule has 1 aliphatic rings. The minimum atomic E-state index is -0.400. The maximum atomic E-state index is 13.4. The molecule has 1 unspecified atom stereocenters. The molecule has 0 aliphatic carbocycles. The molecule has 1 aromatic carbocycles. The summed E-state index contributed by atoms with van der Waals surface area (Å²) in [6, 6.07) is 6.39. The van der Waals surface area contributed by atoms with Gasteiger partial charge in [0.2, 0.25) is 0 Å². The average molecular weight is 291 g/mol. The highest BCUT2D eigenvalue weighted by Gasteiger charge is 2.19. The van der Waals surface area contributed by atoms with E-state index in [0.717, 1.165) is 19.4 Å². The summed E-state index contributed by atoms with van der Waals surface area (Å²) in [5, 5.41) is 7.40. The van der Waals surface area contributed by atoms with Crippen LogP contribution >= 0.6 is 0 Å². The van der Waals surface area contributed by atoms with Gasteiger partial charge in [-0.25, -0.2) is 4.39 Å². The summed E-state index contributed by atoms with van der Waals surface area (Å²) in [7, 11) is 0. The van der Waals surface area contributed by atoms with E-state index in [1.165, 1.54) is 18.9 Å². The second-order valence-electron chi connectivity index (χ2n) is 5.12. The van der Waals surface area contributed by atoms with Gasteiger partial charge in [-0.15, -0.1) is 0 Å². The van der Waals surface area contributed by atoms with Crippen LogP contribution in [0.2, 0.25) is 0 Å². The Morgan fingerprint density at radius 2 is 2.19 bits per heavy atom. The fraction of sp³-hybridized carbons (Fsp3) is 0.467. The molecule has 5 nitrogen and oxygen atoms in total. The smallest absolute Gasteiger partial charge is 0.264 e. The zero-order chi connectivity index (χ0) is 14.5. The third-order valence-electron chi connectivity index (χ3n) is 3.54. The molecule has 0 saturated carbocycles. The Morgan fingerprint density at radius 1 is 1.29 bits per heavy atom. The fourth-order valence-corrected chi connectivity index (χ4v) is 2.42. The monoisotopic (exact) mass is 291 g/mol. The molecule has 2 aromatic rings. The summed E-state index contributed by atoms with van der Waals surface area (Å²) < 4.78 is 24.0. The molecule has 1 saturated heterocycles. The van der Waals surface area contributed by atoms with E-state index >= 15 is 0 Å². The van der Waals surface area contributed by atoms with Gasteiger partial charge < -0.3 is 14.6 Å². The largest absolute Gasteiger partial charge is 0.481 e. The Morgan fingerprint density at radius 3 is 3.10 bits per heavy atom. The highest BCUT2D eigenvalue weighted by atomic mass is 19.1. The predicted octanol–water partition coefficient (Wildman–Crippen LogP) is 2.99. The fourth-order valence-electron chi connectivity index (χ4n) is 2.42. The van der Waals surface area contributed by atoms with Crippen molar-refractivity contribution in [3.05, 3.63) is 41.8 Å². The molecule has 3 rings (SSSR count). The normalized spacial score (nSPS) is 19.2. The summed E-state index contributed by atoms with van der Waals surface area (Å²) in [6.45, 7) is 1.04. The second kappa shape index (κ2) is 6.67. The van der Waals surface area contributed by atoms with Gasteiger partial charge in [0.15, 0.2) is 24.0 Å². The van der Waals surface area contributed by atoms with Crippen LogP contribution in [0.1, 0.15) is 43.4 Å². The minimum Gasteiger partial charge on any atom is -0.481 e. The molecule has 1 fully saturated rings. The molecular weight excluding hydrogens is 273 g/mol.